The normalized spacial score (nSPS) is 15.8. The number of hydrogen-bond acceptors (Lipinski definition) is 5. The van der Waals surface area contributed by atoms with Gasteiger partial charge in [0.25, 0.3) is 0 Å². The number of nitrogens with one attached hydrogen (secondary N) is 1. The minimum Gasteiger partial charge on any atom is -0.399 e. The third-order valence-electron chi connectivity index (χ3n) is 4.11. The van der Waals surface area contributed by atoms with Gasteiger partial charge >= 0.3 is 0 Å². The van der Waals surface area contributed by atoms with E-state index < -0.39 is 0 Å². The molecule has 3 N–H and O–H groups in total. The summed E-state index contributed by atoms with van der Waals surface area (Å²) in [5, 5.41) is 11.1. The first-order valence-corrected chi connectivity index (χ1v) is 7.88. The monoisotopic (exact) mass is 383 g/mol. The van der Waals surface area contributed by atoms with Gasteiger partial charge in [-0.05, 0) is 42.7 Å². The lowest BCUT2D eigenvalue weighted by Crippen LogP contribution is -2.41. The average molecular weight is 384 g/mol. The number of benzene rings is 1. The van der Waals surface area contributed by atoms with E-state index in [1.165, 1.54) is 0 Å². The lowest BCUT2D eigenvalue weighted by atomic mass is 10.1. The third-order valence-corrected chi connectivity index (χ3v) is 4.11. The van der Waals surface area contributed by atoms with Crippen molar-refractivity contribution in [3.8, 4) is 0 Å². The number of nitrogens with two attached hydrogens (primary N) is 1. The molecule has 1 aromatic carbocycles. The maximum Gasteiger partial charge on any atom is 0.224 e. The molecule has 0 radical (unpaired) electrons. The van der Waals surface area contributed by atoms with Crippen molar-refractivity contribution in [3.05, 3.63) is 48.2 Å². The minimum absolute atomic E-state index is 0. The van der Waals surface area contributed by atoms with E-state index in [0.717, 1.165) is 30.8 Å². The molecule has 1 fully saturated rings. The van der Waals surface area contributed by atoms with Crippen LogP contribution in [0, 0.1) is 0 Å². The van der Waals surface area contributed by atoms with Gasteiger partial charge in [-0.15, -0.1) is 29.9 Å². The van der Waals surface area contributed by atoms with Crippen LogP contribution in [0.4, 0.5) is 11.5 Å². The second-order valence-corrected chi connectivity index (χ2v) is 5.79. The number of nitrogen functional groups attached to an aromatic ring is 1. The van der Waals surface area contributed by atoms with Crippen molar-refractivity contribution in [1.82, 2.24) is 15.5 Å². The van der Waals surface area contributed by atoms with E-state index in [4.69, 9.17) is 5.73 Å². The van der Waals surface area contributed by atoms with E-state index in [1.54, 1.807) is 6.20 Å². The van der Waals surface area contributed by atoms with Crippen LogP contribution in [0.5, 0.6) is 0 Å². The minimum atomic E-state index is 0. The smallest absolute Gasteiger partial charge is 0.224 e. The highest BCUT2D eigenvalue weighted by molar-refractivity contribution is 5.85. The molecule has 0 saturated carbocycles. The number of amides is 1. The van der Waals surface area contributed by atoms with Gasteiger partial charge in [0.1, 0.15) is 0 Å². The van der Waals surface area contributed by atoms with E-state index in [9.17, 15) is 4.79 Å². The average Bonchev–Trinajstić information content (AvgIpc) is 3.04. The summed E-state index contributed by atoms with van der Waals surface area (Å²) in [7, 11) is 0. The number of hydrogen-bond donors (Lipinski definition) is 2. The number of nitrogens with zero attached hydrogens (tertiary/aromatic N) is 3. The van der Waals surface area contributed by atoms with Crippen LogP contribution in [0.2, 0.25) is 0 Å². The Hall–Kier alpha value is -2.05. The van der Waals surface area contributed by atoms with Crippen molar-refractivity contribution in [3.63, 3.8) is 0 Å². The summed E-state index contributed by atoms with van der Waals surface area (Å²) in [5.74, 6) is 0.906. The number of halogens is 2. The largest absolute Gasteiger partial charge is 0.399 e. The molecule has 1 saturated heterocycles. The van der Waals surface area contributed by atoms with Crippen molar-refractivity contribution in [2.45, 2.75) is 25.3 Å². The maximum absolute atomic E-state index is 12.1. The van der Waals surface area contributed by atoms with Crippen LogP contribution in [0.15, 0.2) is 42.6 Å². The molecular formula is C17H23Cl2N5O. The summed E-state index contributed by atoms with van der Waals surface area (Å²) in [4.78, 5) is 14.3. The van der Waals surface area contributed by atoms with Crippen LogP contribution in [0.3, 0.4) is 0 Å². The van der Waals surface area contributed by atoms with Gasteiger partial charge in [0.05, 0.1) is 6.42 Å². The van der Waals surface area contributed by atoms with E-state index in [0.29, 0.717) is 18.7 Å². The van der Waals surface area contributed by atoms with Crippen LogP contribution < -0.4 is 16.0 Å². The molecule has 1 atom stereocenters. The van der Waals surface area contributed by atoms with Gasteiger partial charge in [0, 0.05) is 31.0 Å². The molecule has 25 heavy (non-hydrogen) atoms. The number of carbonyl (C=O) groups excluding carboxylic acids is 1. The third kappa shape index (κ3) is 5.76. The topological polar surface area (TPSA) is 84.1 Å². The van der Waals surface area contributed by atoms with Crippen molar-refractivity contribution >= 4 is 42.2 Å². The molecule has 136 valence electrons. The molecule has 2 aromatic rings. The standard InChI is InChI=1S/C17H21N5O.2ClH/c18-14-7-5-13(6-8-14)11-17(23)19-12-15-3-2-10-22(15)16-4-1-9-20-21-16;;/h1,4-9,15H,2-3,10-12,18H2,(H,19,23);2*1H. The molecule has 8 heteroatoms. The molecule has 6 nitrogen and oxygen atoms in total. The van der Waals surface area contributed by atoms with Gasteiger partial charge in [-0.2, -0.15) is 5.10 Å². The molecule has 0 bridgehead atoms. The number of rotatable bonds is 5. The molecule has 2 heterocycles. The Morgan fingerprint density at radius 3 is 2.68 bits per heavy atom. The molecule has 1 aliphatic rings. The number of carbonyl (C=O) groups is 1. The van der Waals surface area contributed by atoms with Crippen LogP contribution in [-0.4, -0.2) is 35.2 Å². The maximum atomic E-state index is 12.1. The van der Waals surface area contributed by atoms with Crippen LogP contribution in [-0.2, 0) is 11.2 Å². The molecular weight excluding hydrogens is 361 g/mol. The molecule has 0 aliphatic carbocycles. The van der Waals surface area contributed by atoms with Crippen molar-refractivity contribution < 1.29 is 4.79 Å². The zero-order valence-corrected chi connectivity index (χ0v) is 15.4. The molecule has 1 amide bonds. The summed E-state index contributed by atoms with van der Waals surface area (Å²) in [6.45, 7) is 1.58. The van der Waals surface area contributed by atoms with Crippen LogP contribution in [0.1, 0.15) is 18.4 Å². The van der Waals surface area contributed by atoms with Gasteiger partial charge in [-0.3, -0.25) is 4.79 Å². The molecule has 1 aromatic heterocycles. The van der Waals surface area contributed by atoms with Crippen LogP contribution in [0.25, 0.3) is 0 Å². The predicted octanol–water partition coefficient (Wildman–Crippen LogP) is 2.23. The first-order valence-electron chi connectivity index (χ1n) is 7.88. The van der Waals surface area contributed by atoms with E-state index in [-0.39, 0.29) is 36.8 Å². The first-order chi connectivity index (χ1) is 11.2. The Bertz CT molecular complexity index is 654. The zero-order valence-electron chi connectivity index (χ0n) is 13.8. The summed E-state index contributed by atoms with van der Waals surface area (Å²) >= 11 is 0. The SMILES string of the molecule is Cl.Cl.Nc1ccc(CC(=O)NCC2CCCN2c2cccnn2)cc1. The summed E-state index contributed by atoms with van der Waals surface area (Å²) in [6, 6.07) is 11.5. The lowest BCUT2D eigenvalue weighted by molar-refractivity contribution is -0.120. The fraction of sp³-hybridized carbons (Fsp3) is 0.353. The summed E-state index contributed by atoms with van der Waals surface area (Å²) in [6.07, 6.45) is 4.20. The molecule has 1 aliphatic heterocycles. The predicted molar refractivity (Wildman–Crippen MR) is 104 cm³/mol. The van der Waals surface area contributed by atoms with Gasteiger partial charge < -0.3 is 16.0 Å². The van der Waals surface area contributed by atoms with Crippen molar-refractivity contribution in [2.24, 2.45) is 0 Å². The lowest BCUT2D eigenvalue weighted by Gasteiger charge is -2.25. The highest BCUT2D eigenvalue weighted by Crippen LogP contribution is 2.22. The van der Waals surface area contributed by atoms with Gasteiger partial charge in [0.15, 0.2) is 5.82 Å². The Morgan fingerprint density at radius 1 is 1.24 bits per heavy atom. The molecule has 3 rings (SSSR count). The molecule has 0 spiro atoms. The van der Waals surface area contributed by atoms with Gasteiger partial charge in [-0.25, -0.2) is 0 Å². The fourth-order valence-corrected chi connectivity index (χ4v) is 2.91. The van der Waals surface area contributed by atoms with Crippen molar-refractivity contribution in [2.75, 3.05) is 23.7 Å². The first kappa shape index (κ1) is 21.0. The number of anilines is 2. The number of aromatic nitrogens is 2. The Kier molecular flexibility index (Phi) is 8.45. The fourth-order valence-electron chi connectivity index (χ4n) is 2.91. The quantitative estimate of drug-likeness (QED) is 0.773. The second kappa shape index (κ2) is 10.1. The summed E-state index contributed by atoms with van der Waals surface area (Å²) in [5.41, 5.74) is 7.33. The Balaban J connectivity index is 0.00000156. The van der Waals surface area contributed by atoms with Gasteiger partial charge in [-0.1, -0.05) is 12.1 Å². The van der Waals surface area contributed by atoms with E-state index in [1.807, 2.05) is 36.4 Å². The highest BCUT2D eigenvalue weighted by atomic mass is 35.5. The van der Waals surface area contributed by atoms with Gasteiger partial charge in [0.2, 0.25) is 5.91 Å². The second-order valence-electron chi connectivity index (χ2n) is 5.79. The Morgan fingerprint density at radius 2 is 2.00 bits per heavy atom. The zero-order chi connectivity index (χ0) is 16.1. The van der Waals surface area contributed by atoms with E-state index in [2.05, 4.69) is 20.4 Å². The van der Waals surface area contributed by atoms with Crippen LogP contribution >= 0.6 is 24.8 Å². The van der Waals surface area contributed by atoms with Crippen molar-refractivity contribution in [1.29, 1.82) is 0 Å². The summed E-state index contributed by atoms with van der Waals surface area (Å²) < 4.78 is 0. The molecule has 1 unspecified atom stereocenters. The Labute approximate surface area is 160 Å². The van der Waals surface area contributed by atoms with E-state index >= 15 is 0 Å². The highest BCUT2D eigenvalue weighted by Gasteiger charge is 2.26.